The summed E-state index contributed by atoms with van der Waals surface area (Å²) in [5, 5.41) is 13.2. The van der Waals surface area contributed by atoms with Crippen LogP contribution in [0.25, 0.3) is 11.1 Å². The highest BCUT2D eigenvalue weighted by molar-refractivity contribution is 5.91. The number of carboxylic acids is 1. The lowest BCUT2D eigenvalue weighted by molar-refractivity contribution is -0.138. The number of aromatic carboxylic acids is 1. The fourth-order valence-electron chi connectivity index (χ4n) is 6.74. The third kappa shape index (κ3) is 7.56. The Morgan fingerprint density at radius 1 is 0.920 bits per heavy atom. The molecule has 3 heterocycles. The molecule has 1 amide bonds. The lowest BCUT2D eigenvalue weighted by Crippen LogP contribution is -2.57. The molecule has 2 aliphatic heterocycles. The molecule has 4 N–H and O–H groups in total. The van der Waals surface area contributed by atoms with Gasteiger partial charge in [-0.05, 0) is 86.2 Å². The average Bonchev–Trinajstić information content (AvgIpc) is 3.10. The van der Waals surface area contributed by atoms with Crippen LogP contribution in [0, 0.1) is 24.5 Å². The summed E-state index contributed by atoms with van der Waals surface area (Å²) in [4.78, 5) is 32.9. The summed E-state index contributed by atoms with van der Waals surface area (Å²) in [6.45, 7) is 7.78. The number of amides is 1. The Balaban J connectivity index is 1.33. The van der Waals surface area contributed by atoms with Crippen molar-refractivity contribution in [2.75, 3.05) is 31.1 Å². The van der Waals surface area contributed by atoms with Crippen molar-refractivity contribution in [3.8, 4) is 34.4 Å². The smallest absolute Gasteiger partial charge is 0.339 e. The molecule has 10 nitrogen and oxygen atoms in total. The molecular formula is C38H41F2N5O5. The van der Waals surface area contributed by atoms with Crippen LogP contribution in [0.5, 0.6) is 23.3 Å². The molecule has 3 aromatic carbocycles. The van der Waals surface area contributed by atoms with E-state index < -0.39 is 35.1 Å². The van der Waals surface area contributed by atoms with Crippen LogP contribution in [0.3, 0.4) is 0 Å². The molecule has 0 radical (unpaired) electrons. The Kier molecular flexibility index (Phi) is 10.3. The number of aryl methyl sites for hydroxylation is 1. The fourth-order valence-corrected chi connectivity index (χ4v) is 6.74. The van der Waals surface area contributed by atoms with Crippen LogP contribution in [0.4, 0.5) is 14.5 Å². The summed E-state index contributed by atoms with van der Waals surface area (Å²) < 4.78 is 44.6. The molecule has 2 atom stereocenters. The molecule has 262 valence electrons. The maximum atomic E-state index is 16.4. The van der Waals surface area contributed by atoms with Crippen LogP contribution in [0.2, 0.25) is 0 Å². The monoisotopic (exact) mass is 685 g/mol. The minimum atomic E-state index is -1.28. The molecule has 0 aliphatic carbocycles. The number of aromatic nitrogens is 1. The van der Waals surface area contributed by atoms with Crippen molar-refractivity contribution in [2.45, 2.75) is 52.2 Å². The van der Waals surface area contributed by atoms with Gasteiger partial charge in [-0.1, -0.05) is 36.4 Å². The Bertz CT molecular complexity index is 1890. The van der Waals surface area contributed by atoms with Crippen molar-refractivity contribution in [3.05, 3.63) is 95.1 Å². The quantitative estimate of drug-likeness (QED) is 0.181. The predicted molar refractivity (Wildman–Crippen MR) is 186 cm³/mol. The van der Waals surface area contributed by atoms with Gasteiger partial charge in [-0.15, -0.1) is 0 Å². The zero-order valence-electron chi connectivity index (χ0n) is 28.3. The second kappa shape index (κ2) is 14.8. The lowest BCUT2D eigenvalue weighted by Gasteiger charge is -2.40. The summed E-state index contributed by atoms with van der Waals surface area (Å²) in [5.41, 5.74) is 8.45. The highest BCUT2D eigenvalue weighted by Gasteiger charge is 2.35. The summed E-state index contributed by atoms with van der Waals surface area (Å²) in [6.07, 6.45) is 0.786. The van der Waals surface area contributed by atoms with Crippen LogP contribution in [0.1, 0.15) is 48.2 Å². The van der Waals surface area contributed by atoms with E-state index in [4.69, 9.17) is 15.2 Å². The predicted octanol–water partition coefficient (Wildman–Crippen LogP) is 6.50. The van der Waals surface area contributed by atoms with E-state index in [9.17, 15) is 14.7 Å². The van der Waals surface area contributed by atoms with Gasteiger partial charge in [0.15, 0.2) is 0 Å². The normalized spacial score (nSPS) is 18.2. The van der Waals surface area contributed by atoms with E-state index in [1.165, 1.54) is 17.0 Å². The van der Waals surface area contributed by atoms with Crippen LogP contribution in [-0.4, -0.2) is 65.1 Å². The van der Waals surface area contributed by atoms with Crippen molar-refractivity contribution in [2.24, 2.45) is 11.7 Å². The number of nitrogens with two attached hydrogens (primary N) is 1. The number of ether oxygens (including phenoxy) is 2. The zero-order chi connectivity index (χ0) is 35.5. The number of nitrogens with one attached hydrogen (secondary N) is 1. The Hall–Kier alpha value is -5.07. The van der Waals surface area contributed by atoms with E-state index in [1.54, 1.807) is 31.2 Å². The first-order chi connectivity index (χ1) is 24.0. The van der Waals surface area contributed by atoms with Gasteiger partial charge in [-0.2, -0.15) is 13.8 Å². The summed E-state index contributed by atoms with van der Waals surface area (Å²) >= 11 is 0. The van der Waals surface area contributed by atoms with Gasteiger partial charge in [0.25, 0.3) is 11.8 Å². The average molecular weight is 686 g/mol. The zero-order valence-corrected chi connectivity index (χ0v) is 28.3. The number of hydrogen-bond donors (Lipinski definition) is 3. The Morgan fingerprint density at radius 3 is 2.22 bits per heavy atom. The first-order valence-electron chi connectivity index (χ1n) is 16.8. The highest BCUT2D eigenvalue weighted by Crippen LogP contribution is 2.40. The van der Waals surface area contributed by atoms with Gasteiger partial charge in [-0.25, -0.2) is 4.79 Å². The summed E-state index contributed by atoms with van der Waals surface area (Å²) in [5.74, 6) is -4.76. The molecule has 0 bridgehead atoms. The van der Waals surface area contributed by atoms with Gasteiger partial charge in [0, 0.05) is 50.7 Å². The third-order valence-corrected chi connectivity index (χ3v) is 9.14. The number of rotatable bonds is 9. The van der Waals surface area contributed by atoms with Gasteiger partial charge in [0.05, 0.1) is 0 Å². The third-order valence-electron chi connectivity index (χ3n) is 9.14. The molecule has 2 saturated heterocycles. The number of piperazine rings is 1. The molecule has 4 aromatic rings. The number of halogens is 2. The Morgan fingerprint density at radius 2 is 1.56 bits per heavy atom. The molecule has 2 unspecified atom stereocenters. The van der Waals surface area contributed by atoms with Gasteiger partial charge in [0.2, 0.25) is 17.5 Å². The van der Waals surface area contributed by atoms with Crippen LogP contribution in [0.15, 0.2) is 66.7 Å². The molecule has 2 fully saturated rings. The molecule has 0 spiro atoms. The first kappa shape index (κ1) is 34.8. The number of carboxylic acid groups (broad SMARTS) is 1. The van der Waals surface area contributed by atoms with E-state index in [0.717, 1.165) is 16.7 Å². The van der Waals surface area contributed by atoms with E-state index in [-0.39, 0.29) is 54.1 Å². The number of benzene rings is 3. The number of hydrogen-bond acceptors (Lipinski definition) is 8. The van der Waals surface area contributed by atoms with Crippen molar-refractivity contribution in [1.29, 1.82) is 0 Å². The minimum Gasteiger partial charge on any atom is -0.478 e. The largest absolute Gasteiger partial charge is 0.478 e. The van der Waals surface area contributed by atoms with Gasteiger partial charge < -0.3 is 35.4 Å². The number of carbonyl (C=O) groups excluding carboxylic acids is 1. The van der Waals surface area contributed by atoms with E-state index in [1.807, 2.05) is 49.1 Å². The Labute approximate surface area is 289 Å². The summed E-state index contributed by atoms with van der Waals surface area (Å²) in [6, 6.07) is 19.3. The van der Waals surface area contributed by atoms with Gasteiger partial charge >= 0.3 is 5.97 Å². The van der Waals surface area contributed by atoms with Crippen LogP contribution < -0.4 is 25.4 Å². The minimum absolute atomic E-state index is 0.0473. The van der Waals surface area contributed by atoms with Crippen molar-refractivity contribution < 1.29 is 33.0 Å². The summed E-state index contributed by atoms with van der Waals surface area (Å²) in [7, 11) is 0. The fraction of sp³-hybridized carbons (Fsp3) is 0.342. The maximum absolute atomic E-state index is 16.4. The van der Waals surface area contributed by atoms with Crippen molar-refractivity contribution >= 4 is 17.6 Å². The first-order valence-corrected chi connectivity index (χ1v) is 16.8. The molecule has 2 aliphatic rings. The topological polar surface area (TPSA) is 130 Å². The lowest BCUT2D eigenvalue weighted by atomic mass is 9.94. The molecule has 0 saturated carbocycles. The number of pyridine rings is 1. The second-order valence-electron chi connectivity index (χ2n) is 13.1. The molecule has 12 heteroatoms. The van der Waals surface area contributed by atoms with Gasteiger partial charge in [-0.3, -0.25) is 4.79 Å². The molecule has 6 rings (SSSR count). The number of carbonyl (C=O) groups is 2. The van der Waals surface area contributed by atoms with E-state index in [2.05, 4.69) is 10.3 Å². The SMILES string of the molecule is Cc1ccc(C(=O)O)c(Oc2nc(Oc3cccc(-c4cccc(CN)c4)c3)c(F)c(N3CCC(C(=O)N4CC(C)NC(C)C4)CC3)c2F)c1. The van der Waals surface area contributed by atoms with Crippen LogP contribution in [-0.2, 0) is 11.3 Å². The standard InChI is InChI=1S/C38H41F2N5O5/c1-22-10-11-30(38(47)48)31(16-22)50-36-33(40)34(44-14-12-26(13-15-44)37(46)45-20-23(2)42-24(3)21-45)32(39)35(43-36)49-29-9-5-8-28(18-29)27-7-4-6-25(17-27)19-41/h4-11,16-18,23-24,26,42H,12-15,19-21,41H2,1-3H3,(H,47,48). The highest BCUT2D eigenvalue weighted by atomic mass is 19.1. The van der Waals surface area contributed by atoms with Crippen molar-refractivity contribution in [1.82, 2.24) is 15.2 Å². The van der Waals surface area contributed by atoms with Crippen LogP contribution >= 0.6 is 0 Å². The van der Waals surface area contributed by atoms with E-state index in [0.29, 0.717) is 38.0 Å². The van der Waals surface area contributed by atoms with E-state index >= 15 is 8.78 Å². The second-order valence-corrected chi connectivity index (χ2v) is 13.1. The number of anilines is 1. The number of nitrogens with zero attached hydrogens (tertiary/aromatic N) is 3. The molecular weight excluding hydrogens is 644 g/mol. The van der Waals surface area contributed by atoms with Crippen molar-refractivity contribution in [3.63, 3.8) is 0 Å². The molecule has 1 aromatic heterocycles. The van der Waals surface area contributed by atoms with Gasteiger partial charge in [0.1, 0.15) is 22.7 Å². The number of piperidine rings is 1. The molecule has 50 heavy (non-hydrogen) atoms. The maximum Gasteiger partial charge on any atom is 0.339 e.